The van der Waals surface area contributed by atoms with Crippen LogP contribution < -0.4 is 4.74 Å². The third-order valence-electron chi connectivity index (χ3n) is 4.84. The van der Waals surface area contributed by atoms with Crippen LogP contribution in [0.5, 0.6) is 5.75 Å². The van der Waals surface area contributed by atoms with Crippen LogP contribution >= 0.6 is 0 Å². The molecule has 0 bridgehead atoms. The Morgan fingerprint density at radius 1 is 0.677 bits per heavy atom. The topological polar surface area (TPSA) is 9.23 Å². The maximum absolute atomic E-state index is 14.7. The Balaban J connectivity index is 1.61. The van der Waals surface area contributed by atoms with E-state index in [2.05, 4.69) is 0 Å². The molecule has 4 aromatic rings. The first kappa shape index (κ1) is 20.8. The van der Waals surface area contributed by atoms with Crippen LogP contribution in [0.4, 0.5) is 26.3 Å². The highest BCUT2D eigenvalue weighted by molar-refractivity contribution is 5.88. The van der Waals surface area contributed by atoms with Gasteiger partial charge < -0.3 is 4.74 Å². The van der Waals surface area contributed by atoms with E-state index in [0.29, 0.717) is 16.7 Å². The van der Waals surface area contributed by atoms with Crippen LogP contribution in [0.3, 0.4) is 0 Å². The van der Waals surface area contributed by atoms with Crippen molar-refractivity contribution >= 4 is 10.8 Å². The molecule has 0 N–H and O–H groups in total. The minimum atomic E-state index is -1.57. The number of hydrogen-bond acceptors (Lipinski definition) is 1. The van der Waals surface area contributed by atoms with Crippen molar-refractivity contribution in [2.45, 2.75) is 13.5 Å². The van der Waals surface area contributed by atoms with Crippen molar-refractivity contribution in [2.24, 2.45) is 0 Å². The molecule has 31 heavy (non-hydrogen) atoms. The normalized spacial score (nSPS) is 11.2. The third-order valence-corrected chi connectivity index (χ3v) is 4.84. The minimum Gasteiger partial charge on any atom is -0.483 e. The Morgan fingerprint density at radius 3 is 2.06 bits per heavy atom. The molecular weight excluding hydrogens is 418 g/mol. The van der Waals surface area contributed by atoms with Crippen molar-refractivity contribution in [3.63, 3.8) is 0 Å². The number of halogens is 6. The molecule has 0 radical (unpaired) electrons. The fraction of sp³-hybridized carbons (Fsp3) is 0.0833. The zero-order chi connectivity index (χ0) is 22.3. The lowest BCUT2D eigenvalue weighted by Crippen LogP contribution is -2.01. The van der Waals surface area contributed by atoms with Crippen LogP contribution in [0.15, 0.2) is 54.6 Å². The molecule has 0 aliphatic heterocycles. The van der Waals surface area contributed by atoms with Gasteiger partial charge >= 0.3 is 0 Å². The van der Waals surface area contributed by atoms with Crippen LogP contribution in [0.2, 0.25) is 0 Å². The maximum Gasteiger partial charge on any atom is 0.195 e. The second-order valence-corrected chi connectivity index (χ2v) is 7.08. The predicted octanol–water partition coefficient (Wildman–Crippen LogP) is 7.23. The molecule has 1 nitrogen and oxygen atoms in total. The van der Waals surface area contributed by atoms with Gasteiger partial charge in [-0.2, -0.15) is 0 Å². The summed E-state index contributed by atoms with van der Waals surface area (Å²) in [6.45, 7) is 1.26. The molecule has 4 aromatic carbocycles. The first-order valence-electron chi connectivity index (χ1n) is 9.19. The number of fused-ring (bicyclic) bond motifs is 1. The Bertz CT molecular complexity index is 1290. The van der Waals surface area contributed by atoms with Crippen LogP contribution in [0.25, 0.3) is 21.9 Å². The second-order valence-electron chi connectivity index (χ2n) is 7.08. The average Bonchev–Trinajstić information content (AvgIpc) is 2.71. The van der Waals surface area contributed by atoms with Crippen LogP contribution in [-0.4, -0.2) is 0 Å². The van der Waals surface area contributed by atoms with E-state index in [1.807, 2.05) is 0 Å². The van der Waals surface area contributed by atoms with Crippen LogP contribution in [0.1, 0.15) is 11.1 Å². The van der Waals surface area contributed by atoms with Gasteiger partial charge in [0, 0.05) is 10.9 Å². The summed E-state index contributed by atoms with van der Waals surface area (Å²) in [7, 11) is 0. The molecule has 158 valence electrons. The summed E-state index contributed by atoms with van der Waals surface area (Å²) in [4.78, 5) is 0. The summed E-state index contributed by atoms with van der Waals surface area (Å²) >= 11 is 0. The number of aryl methyl sites for hydroxylation is 1. The van der Waals surface area contributed by atoms with Crippen molar-refractivity contribution < 1.29 is 31.1 Å². The van der Waals surface area contributed by atoms with Crippen molar-refractivity contribution in [1.82, 2.24) is 0 Å². The molecular formula is C24H14F6O. The monoisotopic (exact) mass is 432 g/mol. The van der Waals surface area contributed by atoms with E-state index in [9.17, 15) is 26.3 Å². The largest absolute Gasteiger partial charge is 0.483 e. The summed E-state index contributed by atoms with van der Waals surface area (Å²) in [5.74, 6) is -7.18. The molecule has 4 rings (SSSR count). The molecule has 0 atom stereocenters. The number of ether oxygens (including phenoxy) is 1. The molecule has 0 unspecified atom stereocenters. The lowest BCUT2D eigenvalue weighted by molar-refractivity contribution is 0.273. The number of hydrogen-bond donors (Lipinski definition) is 0. The van der Waals surface area contributed by atoms with Gasteiger partial charge in [-0.15, -0.1) is 0 Å². The lowest BCUT2D eigenvalue weighted by Gasteiger charge is -2.11. The van der Waals surface area contributed by atoms with E-state index >= 15 is 0 Å². The number of rotatable bonds is 4. The lowest BCUT2D eigenvalue weighted by atomic mass is 9.99. The minimum absolute atomic E-state index is 0.0750. The van der Waals surface area contributed by atoms with Gasteiger partial charge in [0.05, 0.1) is 0 Å². The fourth-order valence-corrected chi connectivity index (χ4v) is 3.34. The second kappa shape index (κ2) is 7.98. The first-order chi connectivity index (χ1) is 14.7. The summed E-state index contributed by atoms with van der Waals surface area (Å²) in [6.07, 6.45) is 0. The zero-order valence-electron chi connectivity index (χ0n) is 16.1. The van der Waals surface area contributed by atoms with Gasteiger partial charge in [0.25, 0.3) is 0 Å². The van der Waals surface area contributed by atoms with Gasteiger partial charge in [-0.05, 0) is 59.3 Å². The van der Waals surface area contributed by atoms with Crippen LogP contribution in [0, 0.1) is 41.8 Å². The van der Waals surface area contributed by atoms with Gasteiger partial charge in [0.15, 0.2) is 34.8 Å². The highest BCUT2D eigenvalue weighted by Crippen LogP contribution is 2.31. The molecule has 0 fully saturated rings. The SMILES string of the molecule is Cc1cc(F)c(OCc2ccc(-c3ccc4c(F)c(F)c(F)cc4c3)c(F)c2)c(F)c1. The van der Waals surface area contributed by atoms with E-state index in [1.165, 1.54) is 37.3 Å². The molecule has 0 spiro atoms. The molecule has 0 amide bonds. The first-order valence-corrected chi connectivity index (χ1v) is 9.19. The summed E-state index contributed by atoms with van der Waals surface area (Å²) in [5, 5.41) is -0.0544. The number of benzene rings is 4. The molecule has 0 aromatic heterocycles. The summed E-state index contributed by atoms with van der Waals surface area (Å²) in [6, 6.07) is 11.1. The molecule has 0 saturated carbocycles. The van der Waals surface area contributed by atoms with Gasteiger partial charge in [-0.1, -0.05) is 24.3 Å². The Labute approximate surface area is 173 Å². The van der Waals surface area contributed by atoms with Crippen molar-refractivity contribution in [3.05, 3.63) is 101 Å². The van der Waals surface area contributed by atoms with E-state index < -0.39 is 40.7 Å². The Morgan fingerprint density at radius 2 is 1.39 bits per heavy atom. The van der Waals surface area contributed by atoms with E-state index in [-0.39, 0.29) is 22.9 Å². The molecule has 0 aliphatic rings. The maximum atomic E-state index is 14.7. The van der Waals surface area contributed by atoms with E-state index in [1.54, 1.807) is 0 Å². The van der Waals surface area contributed by atoms with Gasteiger partial charge in [-0.25, -0.2) is 26.3 Å². The fourth-order valence-electron chi connectivity index (χ4n) is 3.34. The predicted molar refractivity (Wildman–Crippen MR) is 105 cm³/mol. The highest BCUT2D eigenvalue weighted by Gasteiger charge is 2.16. The summed E-state index contributed by atoms with van der Waals surface area (Å²) in [5.41, 5.74) is 1.16. The Hall–Kier alpha value is -3.48. The zero-order valence-corrected chi connectivity index (χ0v) is 16.1. The molecule has 7 heteroatoms. The summed E-state index contributed by atoms with van der Waals surface area (Å²) < 4.78 is 88.4. The van der Waals surface area contributed by atoms with E-state index in [0.717, 1.165) is 24.3 Å². The third kappa shape index (κ3) is 3.95. The van der Waals surface area contributed by atoms with Gasteiger partial charge in [-0.3, -0.25) is 0 Å². The molecule has 0 aliphatic carbocycles. The average molecular weight is 432 g/mol. The van der Waals surface area contributed by atoms with E-state index in [4.69, 9.17) is 4.74 Å². The smallest absolute Gasteiger partial charge is 0.195 e. The van der Waals surface area contributed by atoms with Gasteiger partial charge in [0.2, 0.25) is 0 Å². The Kier molecular flexibility index (Phi) is 5.35. The quantitative estimate of drug-likeness (QED) is 0.244. The van der Waals surface area contributed by atoms with Gasteiger partial charge in [0.1, 0.15) is 12.4 Å². The van der Waals surface area contributed by atoms with Crippen LogP contribution in [-0.2, 0) is 6.61 Å². The van der Waals surface area contributed by atoms with Crippen molar-refractivity contribution in [3.8, 4) is 16.9 Å². The van der Waals surface area contributed by atoms with Crippen molar-refractivity contribution in [1.29, 1.82) is 0 Å². The standard InChI is InChI=1S/C24H14F6O/c1-12-6-20(27)24(21(28)7-12)31-11-13-2-4-16(18(25)8-13)14-3-5-17-15(9-14)10-19(26)23(30)22(17)29/h2-10H,11H2,1H3. The molecule has 0 saturated heterocycles. The highest BCUT2D eigenvalue weighted by atomic mass is 19.2. The van der Waals surface area contributed by atoms with Crippen molar-refractivity contribution in [2.75, 3.05) is 0 Å². The molecule has 0 heterocycles.